The largest absolute Gasteiger partial charge is 0.334 e. The van der Waals surface area contributed by atoms with Gasteiger partial charge in [0.2, 0.25) is 0 Å². The first-order valence-corrected chi connectivity index (χ1v) is 7.42. The summed E-state index contributed by atoms with van der Waals surface area (Å²) in [6.45, 7) is 4.34. The molecule has 0 aromatic carbocycles. The molecule has 0 bridgehead atoms. The van der Waals surface area contributed by atoms with Gasteiger partial charge in [-0.15, -0.1) is 0 Å². The monoisotopic (exact) mass is 268 g/mol. The van der Waals surface area contributed by atoms with E-state index in [0.29, 0.717) is 12.4 Å². The minimum atomic E-state index is -3.69. The number of hydrogen-bond donors (Lipinski definition) is 1. The van der Waals surface area contributed by atoms with Crippen molar-refractivity contribution < 1.29 is 8.42 Å². The van der Waals surface area contributed by atoms with Crippen LogP contribution in [0.5, 0.6) is 0 Å². The van der Waals surface area contributed by atoms with E-state index in [1.165, 1.54) is 6.20 Å². The summed E-state index contributed by atoms with van der Waals surface area (Å²) in [7, 11) is -3.69. The Balaban J connectivity index is 2.22. The standard InChI is InChI=1S/C11H16N4O2S/c1-3-15-7-11(13-8(15)2)18(16,17)14-10(6-12)9-4-5-9/h7,9-10,14H,3-5H2,1-2H3. The molecule has 0 amide bonds. The van der Waals surface area contributed by atoms with Gasteiger partial charge in [-0.1, -0.05) is 0 Å². The lowest BCUT2D eigenvalue weighted by atomic mass is 10.2. The smallest absolute Gasteiger partial charge is 0.260 e. The van der Waals surface area contributed by atoms with Crippen molar-refractivity contribution in [3.8, 4) is 6.07 Å². The van der Waals surface area contributed by atoms with Crippen LogP contribution in [0.3, 0.4) is 0 Å². The van der Waals surface area contributed by atoms with Crippen LogP contribution in [0.1, 0.15) is 25.6 Å². The number of imidazole rings is 1. The average molecular weight is 268 g/mol. The van der Waals surface area contributed by atoms with Crippen molar-refractivity contribution >= 4 is 10.0 Å². The predicted octanol–water partition coefficient (Wildman–Crippen LogP) is 0.792. The molecule has 0 saturated heterocycles. The van der Waals surface area contributed by atoms with Gasteiger partial charge in [0, 0.05) is 12.7 Å². The molecule has 18 heavy (non-hydrogen) atoms. The molecule has 1 heterocycles. The molecule has 7 heteroatoms. The van der Waals surface area contributed by atoms with Gasteiger partial charge in [0.05, 0.1) is 6.07 Å². The van der Waals surface area contributed by atoms with Gasteiger partial charge in [0.25, 0.3) is 10.0 Å². The first-order chi connectivity index (χ1) is 8.47. The first kappa shape index (κ1) is 13.1. The van der Waals surface area contributed by atoms with Crippen LogP contribution in [0.25, 0.3) is 0 Å². The van der Waals surface area contributed by atoms with Crippen LogP contribution >= 0.6 is 0 Å². The summed E-state index contributed by atoms with van der Waals surface area (Å²) in [6, 6.07) is 1.36. The summed E-state index contributed by atoms with van der Waals surface area (Å²) in [6.07, 6.45) is 3.31. The molecule has 1 saturated carbocycles. The van der Waals surface area contributed by atoms with Crippen LogP contribution in [0, 0.1) is 24.2 Å². The Morgan fingerprint density at radius 2 is 2.33 bits per heavy atom. The highest BCUT2D eigenvalue weighted by Crippen LogP contribution is 2.32. The Bertz CT molecular complexity index is 581. The first-order valence-electron chi connectivity index (χ1n) is 5.93. The maximum Gasteiger partial charge on any atom is 0.260 e. The summed E-state index contributed by atoms with van der Waals surface area (Å²) in [4.78, 5) is 4.02. The predicted molar refractivity (Wildman–Crippen MR) is 65.1 cm³/mol. The highest BCUT2D eigenvalue weighted by Gasteiger charge is 2.35. The second-order valence-electron chi connectivity index (χ2n) is 4.48. The van der Waals surface area contributed by atoms with Crippen LogP contribution in [-0.2, 0) is 16.6 Å². The topological polar surface area (TPSA) is 87.8 Å². The Morgan fingerprint density at radius 3 is 2.78 bits per heavy atom. The number of nitrogens with one attached hydrogen (secondary N) is 1. The van der Waals surface area contributed by atoms with Gasteiger partial charge in [-0.2, -0.15) is 9.98 Å². The molecule has 0 aliphatic heterocycles. The van der Waals surface area contributed by atoms with Crippen molar-refractivity contribution in [1.82, 2.24) is 14.3 Å². The van der Waals surface area contributed by atoms with E-state index >= 15 is 0 Å². The molecule has 2 rings (SSSR count). The van der Waals surface area contributed by atoms with Crippen LogP contribution in [-0.4, -0.2) is 24.0 Å². The number of nitriles is 1. The highest BCUT2D eigenvalue weighted by atomic mass is 32.2. The molecule has 1 N–H and O–H groups in total. The van der Waals surface area contributed by atoms with Gasteiger partial charge in [-0.05, 0) is 32.6 Å². The number of aromatic nitrogens is 2. The molecular weight excluding hydrogens is 252 g/mol. The Hall–Kier alpha value is -1.39. The lowest BCUT2D eigenvalue weighted by molar-refractivity contribution is 0.557. The third-order valence-electron chi connectivity index (χ3n) is 3.08. The third-order valence-corrected chi connectivity index (χ3v) is 4.40. The summed E-state index contributed by atoms with van der Waals surface area (Å²) in [5.74, 6) is 0.803. The molecule has 0 spiro atoms. The quantitative estimate of drug-likeness (QED) is 0.855. The fourth-order valence-electron chi connectivity index (χ4n) is 1.81. The minimum Gasteiger partial charge on any atom is -0.334 e. The molecule has 1 fully saturated rings. The SMILES string of the molecule is CCn1cc(S(=O)(=O)NC(C#N)C2CC2)nc1C. The highest BCUT2D eigenvalue weighted by molar-refractivity contribution is 7.89. The molecule has 1 unspecified atom stereocenters. The Morgan fingerprint density at radius 1 is 1.67 bits per heavy atom. The third kappa shape index (κ3) is 2.54. The normalized spacial score (nSPS) is 17.4. The van der Waals surface area contributed by atoms with Crippen molar-refractivity contribution in [1.29, 1.82) is 5.26 Å². The number of aryl methyl sites for hydroxylation is 2. The van der Waals surface area contributed by atoms with Gasteiger partial charge in [-0.25, -0.2) is 13.4 Å². The van der Waals surface area contributed by atoms with Crippen molar-refractivity contribution in [2.24, 2.45) is 5.92 Å². The van der Waals surface area contributed by atoms with E-state index in [2.05, 4.69) is 9.71 Å². The van der Waals surface area contributed by atoms with Gasteiger partial charge in [0.15, 0.2) is 5.03 Å². The van der Waals surface area contributed by atoms with Gasteiger partial charge in [0.1, 0.15) is 11.9 Å². The van der Waals surface area contributed by atoms with E-state index in [1.807, 2.05) is 13.0 Å². The number of sulfonamides is 1. The minimum absolute atomic E-state index is 0.0113. The molecule has 1 aromatic rings. The van der Waals surface area contributed by atoms with Crippen molar-refractivity contribution in [3.05, 3.63) is 12.0 Å². The maximum absolute atomic E-state index is 12.1. The summed E-state index contributed by atoms with van der Waals surface area (Å²) in [5, 5.41) is 8.94. The van der Waals surface area contributed by atoms with Crippen molar-refractivity contribution in [2.75, 3.05) is 0 Å². The Labute approximate surface area is 107 Å². The van der Waals surface area contributed by atoms with Crippen LogP contribution in [0.2, 0.25) is 0 Å². The van der Waals surface area contributed by atoms with E-state index in [1.54, 1.807) is 11.5 Å². The molecular formula is C11H16N4O2S. The second kappa shape index (κ2) is 4.71. The summed E-state index contributed by atoms with van der Waals surface area (Å²) >= 11 is 0. The van der Waals surface area contributed by atoms with E-state index < -0.39 is 16.1 Å². The summed E-state index contributed by atoms with van der Waals surface area (Å²) in [5.41, 5.74) is 0. The average Bonchev–Trinajstić information content (AvgIpc) is 3.09. The van der Waals surface area contributed by atoms with Crippen LogP contribution in [0.4, 0.5) is 0 Å². The van der Waals surface area contributed by atoms with Gasteiger partial charge in [-0.3, -0.25) is 0 Å². The molecule has 1 atom stereocenters. The number of nitrogens with zero attached hydrogens (tertiary/aromatic N) is 3. The maximum atomic E-state index is 12.1. The van der Waals surface area contributed by atoms with Crippen molar-refractivity contribution in [2.45, 2.75) is 44.3 Å². The van der Waals surface area contributed by atoms with E-state index in [9.17, 15) is 8.42 Å². The van der Waals surface area contributed by atoms with Crippen molar-refractivity contribution in [3.63, 3.8) is 0 Å². The molecule has 1 aliphatic rings. The number of hydrogen-bond acceptors (Lipinski definition) is 4. The fourth-order valence-corrected chi connectivity index (χ4v) is 3.03. The lowest BCUT2D eigenvalue weighted by Crippen LogP contribution is -2.35. The zero-order chi connectivity index (χ0) is 13.3. The second-order valence-corrected chi connectivity index (χ2v) is 6.14. The van der Waals surface area contributed by atoms with Crippen LogP contribution in [0.15, 0.2) is 11.2 Å². The molecule has 1 aromatic heterocycles. The van der Waals surface area contributed by atoms with Crippen LogP contribution < -0.4 is 4.72 Å². The molecule has 1 aliphatic carbocycles. The van der Waals surface area contributed by atoms with Gasteiger partial charge >= 0.3 is 0 Å². The van der Waals surface area contributed by atoms with E-state index in [0.717, 1.165) is 12.8 Å². The summed E-state index contributed by atoms with van der Waals surface area (Å²) < 4.78 is 28.3. The van der Waals surface area contributed by atoms with E-state index in [-0.39, 0.29) is 10.9 Å². The zero-order valence-corrected chi connectivity index (χ0v) is 11.2. The molecule has 6 nitrogen and oxygen atoms in total. The number of rotatable bonds is 5. The molecule has 98 valence electrons. The molecule has 0 radical (unpaired) electrons. The Kier molecular flexibility index (Phi) is 3.41. The van der Waals surface area contributed by atoms with E-state index in [4.69, 9.17) is 5.26 Å². The van der Waals surface area contributed by atoms with Gasteiger partial charge < -0.3 is 4.57 Å². The fraction of sp³-hybridized carbons (Fsp3) is 0.636. The zero-order valence-electron chi connectivity index (χ0n) is 10.4. The lowest BCUT2D eigenvalue weighted by Gasteiger charge is -2.08.